The Bertz CT molecular complexity index is 1270. The van der Waals surface area contributed by atoms with Crippen LogP contribution in [0.25, 0.3) is 22.8 Å². The highest BCUT2D eigenvalue weighted by Crippen LogP contribution is 2.37. The molecule has 148 valence electrons. The largest absolute Gasteiger partial charge is 0.478 e. The smallest absolute Gasteiger partial charge is 0.339 e. The summed E-state index contributed by atoms with van der Waals surface area (Å²) in [6.45, 7) is 0.312. The number of rotatable bonds is 3. The standard InChI is InChI=1S/C23H16N2O5/c26-21-17(10-20-15-6-7-30-23(29)18(15)11-24-20)16-9-13(4-5-19(16)25-21)12-2-1-3-14(8-12)22(27)28/h1-5,8-11,24H,6-7H2,(H,25,26)(H,27,28)/b17-10-. The maximum absolute atomic E-state index is 12.6. The number of carboxylic acid groups (broad SMARTS) is 1. The Balaban J connectivity index is 1.58. The molecule has 7 heteroatoms. The van der Waals surface area contributed by atoms with Crippen LogP contribution in [-0.4, -0.2) is 34.5 Å². The predicted molar refractivity (Wildman–Crippen MR) is 110 cm³/mol. The fourth-order valence-electron chi connectivity index (χ4n) is 3.86. The van der Waals surface area contributed by atoms with Gasteiger partial charge in [-0.2, -0.15) is 0 Å². The van der Waals surface area contributed by atoms with Crippen LogP contribution < -0.4 is 5.32 Å². The number of hydrogen-bond donors (Lipinski definition) is 3. The van der Waals surface area contributed by atoms with E-state index in [1.165, 1.54) is 6.07 Å². The van der Waals surface area contributed by atoms with Crippen LogP contribution in [0.15, 0.2) is 48.7 Å². The van der Waals surface area contributed by atoms with Gasteiger partial charge in [0.25, 0.3) is 5.91 Å². The molecular formula is C23H16N2O5. The number of aromatic amines is 1. The van der Waals surface area contributed by atoms with E-state index in [0.717, 1.165) is 22.3 Å². The molecule has 3 heterocycles. The zero-order valence-electron chi connectivity index (χ0n) is 15.7. The molecule has 5 rings (SSSR count). The summed E-state index contributed by atoms with van der Waals surface area (Å²) in [6.07, 6.45) is 3.93. The van der Waals surface area contributed by atoms with Crippen molar-refractivity contribution in [3.63, 3.8) is 0 Å². The van der Waals surface area contributed by atoms with Gasteiger partial charge >= 0.3 is 11.9 Å². The molecule has 0 aliphatic carbocycles. The first-order valence-electron chi connectivity index (χ1n) is 9.40. The van der Waals surface area contributed by atoms with Gasteiger partial charge in [-0.3, -0.25) is 4.79 Å². The van der Waals surface area contributed by atoms with Gasteiger partial charge in [-0.25, -0.2) is 9.59 Å². The number of carboxylic acids is 1. The summed E-state index contributed by atoms with van der Waals surface area (Å²) in [5, 5.41) is 12.1. The molecule has 1 aromatic heterocycles. The quantitative estimate of drug-likeness (QED) is 0.460. The molecule has 7 nitrogen and oxygen atoms in total. The van der Waals surface area contributed by atoms with Gasteiger partial charge < -0.3 is 20.1 Å². The minimum absolute atomic E-state index is 0.197. The van der Waals surface area contributed by atoms with E-state index in [9.17, 15) is 19.5 Å². The van der Waals surface area contributed by atoms with Crippen molar-refractivity contribution >= 4 is 35.2 Å². The molecule has 3 N–H and O–H groups in total. The third-order valence-corrected chi connectivity index (χ3v) is 5.36. The number of aromatic nitrogens is 1. The molecule has 2 aliphatic heterocycles. The number of amides is 1. The van der Waals surface area contributed by atoms with Gasteiger partial charge in [-0.05, 0) is 47.0 Å². The van der Waals surface area contributed by atoms with Crippen LogP contribution in [0.4, 0.5) is 5.69 Å². The average molecular weight is 400 g/mol. The van der Waals surface area contributed by atoms with Crippen LogP contribution in [0.2, 0.25) is 0 Å². The molecule has 3 aromatic rings. The van der Waals surface area contributed by atoms with Crippen LogP contribution in [0.5, 0.6) is 0 Å². The van der Waals surface area contributed by atoms with Crippen molar-refractivity contribution in [3.05, 3.63) is 76.6 Å². The van der Waals surface area contributed by atoms with Crippen molar-refractivity contribution in [2.45, 2.75) is 6.42 Å². The Morgan fingerprint density at radius 3 is 2.73 bits per heavy atom. The van der Waals surface area contributed by atoms with Crippen molar-refractivity contribution in [2.75, 3.05) is 11.9 Å². The van der Waals surface area contributed by atoms with Gasteiger partial charge in [0.05, 0.1) is 23.3 Å². The first kappa shape index (κ1) is 17.9. The van der Waals surface area contributed by atoms with Gasteiger partial charge in [-0.15, -0.1) is 0 Å². The number of esters is 1. The van der Waals surface area contributed by atoms with E-state index in [0.29, 0.717) is 35.5 Å². The summed E-state index contributed by atoms with van der Waals surface area (Å²) in [7, 11) is 0. The monoisotopic (exact) mass is 400 g/mol. The molecule has 0 unspecified atom stereocenters. The third-order valence-electron chi connectivity index (χ3n) is 5.36. The van der Waals surface area contributed by atoms with E-state index in [1.807, 2.05) is 18.2 Å². The molecule has 0 spiro atoms. The molecule has 0 atom stereocenters. The zero-order valence-corrected chi connectivity index (χ0v) is 15.7. The number of ether oxygens (including phenoxy) is 1. The molecule has 0 fully saturated rings. The van der Waals surface area contributed by atoms with E-state index in [4.69, 9.17) is 4.74 Å². The van der Waals surface area contributed by atoms with Crippen molar-refractivity contribution in [2.24, 2.45) is 0 Å². The number of fused-ring (bicyclic) bond motifs is 2. The minimum atomic E-state index is -0.995. The maximum atomic E-state index is 12.6. The number of H-pyrrole nitrogens is 1. The van der Waals surface area contributed by atoms with Gasteiger partial charge in [0.15, 0.2) is 0 Å². The summed E-state index contributed by atoms with van der Waals surface area (Å²) < 4.78 is 5.06. The number of aromatic carboxylic acids is 1. The van der Waals surface area contributed by atoms with Gasteiger partial charge in [0, 0.05) is 29.6 Å². The SMILES string of the molecule is O=C1Nc2ccc(-c3cccc(C(=O)O)c3)cc2/C1=C/c1[nH]cc2c1CCOC2=O. The van der Waals surface area contributed by atoms with Crippen LogP contribution in [0, 0.1) is 0 Å². The first-order chi connectivity index (χ1) is 14.5. The predicted octanol–water partition coefficient (Wildman–Crippen LogP) is 3.59. The summed E-state index contributed by atoms with van der Waals surface area (Å²) >= 11 is 0. The summed E-state index contributed by atoms with van der Waals surface area (Å²) in [6, 6.07) is 12.2. The van der Waals surface area contributed by atoms with Gasteiger partial charge in [0.2, 0.25) is 0 Å². The average Bonchev–Trinajstić information content (AvgIpc) is 3.30. The number of cyclic esters (lactones) is 1. The van der Waals surface area contributed by atoms with Crippen LogP contribution in [-0.2, 0) is 16.0 Å². The Morgan fingerprint density at radius 2 is 1.90 bits per heavy atom. The zero-order chi connectivity index (χ0) is 20.8. The van der Waals surface area contributed by atoms with Crippen LogP contribution in [0.1, 0.15) is 37.5 Å². The number of benzene rings is 2. The fourth-order valence-corrected chi connectivity index (χ4v) is 3.86. The lowest BCUT2D eigenvalue weighted by Crippen LogP contribution is -2.16. The highest BCUT2D eigenvalue weighted by molar-refractivity contribution is 6.35. The number of hydrogen-bond acceptors (Lipinski definition) is 4. The summed E-state index contributed by atoms with van der Waals surface area (Å²) in [5.41, 5.74) is 5.67. The van der Waals surface area contributed by atoms with Crippen molar-refractivity contribution in [1.29, 1.82) is 0 Å². The Labute approximate surface area is 171 Å². The van der Waals surface area contributed by atoms with E-state index in [1.54, 1.807) is 30.5 Å². The van der Waals surface area contributed by atoms with Gasteiger partial charge in [-0.1, -0.05) is 18.2 Å². The number of carbonyl (C=O) groups excluding carboxylic acids is 2. The molecule has 0 saturated heterocycles. The Kier molecular flexibility index (Phi) is 4.03. The topological polar surface area (TPSA) is 108 Å². The molecule has 2 aromatic carbocycles. The van der Waals surface area contributed by atoms with Crippen LogP contribution in [0.3, 0.4) is 0 Å². The molecule has 0 saturated carbocycles. The number of nitrogens with one attached hydrogen (secondary N) is 2. The third kappa shape index (κ3) is 2.88. The first-order valence-corrected chi connectivity index (χ1v) is 9.40. The van der Waals surface area contributed by atoms with E-state index < -0.39 is 5.97 Å². The summed E-state index contributed by atoms with van der Waals surface area (Å²) in [4.78, 5) is 38.9. The maximum Gasteiger partial charge on any atom is 0.339 e. The highest BCUT2D eigenvalue weighted by Gasteiger charge is 2.27. The molecular weight excluding hydrogens is 384 g/mol. The minimum Gasteiger partial charge on any atom is -0.478 e. The van der Waals surface area contributed by atoms with Crippen LogP contribution >= 0.6 is 0 Å². The van der Waals surface area contributed by atoms with E-state index >= 15 is 0 Å². The van der Waals surface area contributed by atoms with E-state index in [-0.39, 0.29) is 17.4 Å². The molecule has 1 amide bonds. The lowest BCUT2D eigenvalue weighted by atomic mass is 9.97. The lowest BCUT2D eigenvalue weighted by Gasteiger charge is -2.12. The van der Waals surface area contributed by atoms with Crippen molar-refractivity contribution in [3.8, 4) is 11.1 Å². The summed E-state index contributed by atoms with van der Waals surface area (Å²) in [5.74, 6) is -1.59. The Hall–Kier alpha value is -4.13. The normalized spacial score (nSPS) is 16.1. The second kappa shape index (κ2) is 6.73. The second-order valence-corrected chi connectivity index (χ2v) is 7.14. The lowest BCUT2D eigenvalue weighted by molar-refractivity contribution is -0.110. The highest BCUT2D eigenvalue weighted by atomic mass is 16.5. The number of anilines is 1. The molecule has 2 aliphatic rings. The van der Waals surface area contributed by atoms with Gasteiger partial charge in [0.1, 0.15) is 0 Å². The fraction of sp³-hybridized carbons (Fsp3) is 0.0870. The van der Waals surface area contributed by atoms with Crippen molar-refractivity contribution < 1.29 is 24.2 Å². The second-order valence-electron chi connectivity index (χ2n) is 7.14. The van der Waals surface area contributed by atoms with Crippen molar-refractivity contribution in [1.82, 2.24) is 4.98 Å². The Morgan fingerprint density at radius 1 is 1.07 bits per heavy atom. The van der Waals surface area contributed by atoms with E-state index in [2.05, 4.69) is 10.3 Å². The molecule has 0 radical (unpaired) electrons. The molecule has 30 heavy (non-hydrogen) atoms. The molecule has 0 bridgehead atoms. The number of carbonyl (C=O) groups is 3.